The van der Waals surface area contributed by atoms with Gasteiger partial charge in [-0.1, -0.05) is 23.7 Å². The van der Waals surface area contributed by atoms with Crippen molar-refractivity contribution >= 4 is 28.8 Å². The smallest absolute Gasteiger partial charge is 0.257 e. The summed E-state index contributed by atoms with van der Waals surface area (Å²) in [6.07, 6.45) is 3.92. The van der Waals surface area contributed by atoms with Gasteiger partial charge < -0.3 is 9.32 Å². The van der Waals surface area contributed by atoms with Crippen molar-refractivity contribution in [3.63, 3.8) is 0 Å². The van der Waals surface area contributed by atoms with Crippen molar-refractivity contribution in [3.8, 4) is 0 Å². The number of hydrogen-bond donors (Lipinski definition) is 0. The Bertz CT molecular complexity index is 823. The minimum absolute atomic E-state index is 0.00208. The molecule has 1 aliphatic rings. The standard InChI is InChI=1S/C18H14ClNO2S/c19-15-3-1-12(2-4-15)16-17-13(7-10-23-17)5-8-20(16)18(21)14-6-9-22-11-14/h1-4,6-7,9-11,16H,5,8H2. The van der Waals surface area contributed by atoms with Crippen LogP contribution >= 0.6 is 22.9 Å². The zero-order valence-corrected chi connectivity index (χ0v) is 13.8. The van der Waals surface area contributed by atoms with E-state index in [9.17, 15) is 4.79 Å². The van der Waals surface area contributed by atoms with Gasteiger partial charge in [-0.2, -0.15) is 0 Å². The molecule has 3 heterocycles. The van der Waals surface area contributed by atoms with E-state index < -0.39 is 0 Å². The Morgan fingerprint density at radius 2 is 2.04 bits per heavy atom. The monoisotopic (exact) mass is 343 g/mol. The van der Waals surface area contributed by atoms with Gasteiger partial charge in [0.05, 0.1) is 17.9 Å². The van der Waals surface area contributed by atoms with E-state index in [2.05, 4.69) is 11.4 Å². The lowest BCUT2D eigenvalue weighted by Crippen LogP contribution is -2.39. The topological polar surface area (TPSA) is 33.5 Å². The minimum atomic E-state index is -0.0709. The van der Waals surface area contributed by atoms with Crippen LogP contribution < -0.4 is 0 Å². The molecular weight excluding hydrogens is 330 g/mol. The first-order chi connectivity index (χ1) is 11.2. The van der Waals surface area contributed by atoms with Crippen molar-refractivity contribution in [2.75, 3.05) is 6.54 Å². The number of halogens is 1. The molecule has 0 bridgehead atoms. The fourth-order valence-electron chi connectivity index (χ4n) is 3.05. The summed E-state index contributed by atoms with van der Waals surface area (Å²) < 4.78 is 5.08. The predicted octanol–water partition coefficient (Wildman–Crippen LogP) is 4.78. The number of rotatable bonds is 2. The molecule has 2 aromatic heterocycles. The van der Waals surface area contributed by atoms with Crippen LogP contribution in [0.15, 0.2) is 58.7 Å². The lowest BCUT2D eigenvalue weighted by atomic mass is 9.95. The summed E-state index contributed by atoms with van der Waals surface area (Å²) in [5.41, 5.74) is 2.99. The second-order valence-electron chi connectivity index (χ2n) is 5.52. The van der Waals surface area contributed by atoms with Crippen molar-refractivity contribution in [3.05, 3.63) is 80.9 Å². The summed E-state index contributed by atoms with van der Waals surface area (Å²) in [6, 6.07) is 11.5. The molecule has 0 radical (unpaired) electrons. The Labute approximate surface area is 143 Å². The number of furan rings is 1. The van der Waals surface area contributed by atoms with E-state index in [4.69, 9.17) is 16.0 Å². The molecule has 1 aliphatic heterocycles. The Kier molecular flexibility index (Phi) is 3.71. The zero-order chi connectivity index (χ0) is 15.8. The average Bonchev–Trinajstić information content (AvgIpc) is 3.25. The number of amides is 1. The number of hydrogen-bond acceptors (Lipinski definition) is 3. The molecule has 1 aromatic carbocycles. The number of nitrogens with zero attached hydrogens (tertiary/aromatic N) is 1. The summed E-state index contributed by atoms with van der Waals surface area (Å²) in [6.45, 7) is 0.695. The summed E-state index contributed by atoms with van der Waals surface area (Å²) in [5.74, 6) is -0.00208. The van der Waals surface area contributed by atoms with E-state index in [0.29, 0.717) is 17.1 Å². The summed E-state index contributed by atoms with van der Waals surface area (Å²) in [5, 5.41) is 2.79. The normalized spacial score (nSPS) is 17.1. The van der Waals surface area contributed by atoms with Gasteiger partial charge in [0.25, 0.3) is 5.91 Å². The number of carbonyl (C=O) groups is 1. The van der Waals surface area contributed by atoms with Crippen LogP contribution in [0.2, 0.25) is 5.02 Å². The van der Waals surface area contributed by atoms with Crippen LogP contribution in [0.3, 0.4) is 0 Å². The first kappa shape index (κ1) is 14.5. The largest absolute Gasteiger partial charge is 0.472 e. The van der Waals surface area contributed by atoms with Gasteiger partial charge in [-0.15, -0.1) is 11.3 Å². The van der Waals surface area contributed by atoms with Gasteiger partial charge in [0.15, 0.2) is 0 Å². The number of fused-ring (bicyclic) bond motifs is 1. The van der Waals surface area contributed by atoms with Crippen molar-refractivity contribution in [1.82, 2.24) is 4.90 Å². The van der Waals surface area contributed by atoms with Gasteiger partial charge in [-0.25, -0.2) is 0 Å². The lowest BCUT2D eigenvalue weighted by Gasteiger charge is -2.36. The quantitative estimate of drug-likeness (QED) is 0.670. The Morgan fingerprint density at radius 3 is 2.78 bits per heavy atom. The number of benzene rings is 1. The Balaban J connectivity index is 1.79. The van der Waals surface area contributed by atoms with Crippen LogP contribution in [-0.2, 0) is 6.42 Å². The number of carbonyl (C=O) groups excluding carboxylic acids is 1. The third kappa shape index (κ3) is 2.58. The van der Waals surface area contributed by atoms with Crippen LogP contribution in [0.25, 0.3) is 0 Å². The molecule has 3 nitrogen and oxygen atoms in total. The minimum Gasteiger partial charge on any atom is -0.472 e. The highest BCUT2D eigenvalue weighted by molar-refractivity contribution is 7.10. The van der Waals surface area contributed by atoms with Gasteiger partial charge in [0, 0.05) is 16.4 Å². The maximum Gasteiger partial charge on any atom is 0.257 e. The highest BCUT2D eigenvalue weighted by Crippen LogP contribution is 2.39. The van der Waals surface area contributed by atoms with Gasteiger partial charge in [-0.05, 0) is 47.2 Å². The molecule has 0 saturated heterocycles. The van der Waals surface area contributed by atoms with Gasteiger partial charge >= 0.3 is 0 Å². The van der Waals surface area contributed by atoms with Crippen molar-refractivity contribution in [2.45, 2.75) is 12.5 Å². The predicted molar refractivity (Wildman–Crippen MR) is 91.1 cm³/mol. The second-order valence-corrected chi connectivity index (χ2v) is 6.91. The zero-order valence-electron chi connectivity index (χ0n) is 12.2. The van der Waals surface area contributed by atoms with Crippen LogP contribution in [0.5, 0.6) is 0 Å². The van der Waals surface area contributed by atoms with Crippen molar-refractivity contribution < 1.29 is 9.21 Å². The van der Waals surface area contributed by atoms with E-state index in [-0.39, 0.29) is 11.9 Å². The fraction of sp³-hybridized carbons (Fsp3) is 0.167. The molecule has 0 N–H and O–H groups in total. The van der Waals surface area contributed by atoms with Gasteiger partial charge in [0.1, 0.15) is 6.26 Å². The Morgan fingerprint density at radius 1 is 1.22 bits per heavy atom. The maximum absolute atomic E-state index is 12.9. The van der Waals surface area contributed by atoms with Crippen molar-refractivity contribution in [2.24, 2.45) is 0 Å². The second kappa shape index (κ2) is 5.87. The molecule has 1 amide bonds. The first-order valence-corrected chi connectivity index (χ1v) is 8.64. The molecule has 4 rings (SSSR count). The highest BCUT2D eigenvalue weighted by Gasteiger charge is 2.33. The lowest BCUT2D eigenvalue weighted by molar-refractivity contribution is 0.0697. The van der Waals surface area contributed by atoms with E-state index >= 15 is 0 Å². The molecule has 23 heavy (non-hydrogen) atoms. The van der Waals surface area contributed by atoms with E-state index in [1.165, 1.54) is 23.0 Å². The summed E-state index contributed by atoms with van der Waals surface area (Å²) in [4.78, 5) is 16.0. The van der Waals surface area contributed by atoms with E-state index in [0.717, 1.165) is 12.0 Å². The maximum atomic E-state index is 12.9. The van der Waals surface area contributed by atoms with Crippen LogP contribution in [0, 0.1) is 0 Å². The molecular formula is C18H14ClNO2S. The fourth-order valence-corrected chi connectivity index (χ4v) is 4.27. The Hall–Kier alpha value is -2.04. The van der Waals surface area contributed by atoms with E-state index in [1.807, 2.05) is 29.2 Å². The third-order valence-corrected chi connectivity index (χ3v) is 5.44. The average molecular weight is 344 g/mol. The molecule has 1 atom stereocenters. The van der Waals surface area contributed by atoms with Crippen molar-refractivity contribution in [1.29, 1.82) is 0 Å². The SMILES string of the molecule is O=C(c1ccoc1)N1CCc2ccsc2C1c1ccc(Cl)cc1. The van der Waals surface area contributed by atoms with Crippen LogP contribution in [-0.4, -0.2) is 17.4 Å². The summed E-state index contributed by atoms with van der Waals surface area (Å²) in [7, 11) is 0. The van der Waals surface area contributed by atoms with Crippen LogP contribution in [0.1, 0.15) is 32.4 Å². The van der Waals surface area contributed by atoms with Crippen LogP contribution in [0.4, 0.5) is 0 Å². The van der Waals surface area contributed by atoms with Gasteiger partial charge in [-0.3, -0.25) is 4.79 Å². The van der Waals surface area contributed by atoms with E-state index in [1.54, 1.807) is 17.4 Å². The molecule has 0 fully saturated rings. The van der Waals surface area contributed by atoms with Gasteiger partial charge in [0.2, 0.25) is 0 Å². The molecule has 0 spiro atoms. The highest BCUT2D eigenvalue weighted by atomic mass is 35.5. The molecule has 5 heteroatoms. The third-order valence-electron chi connectivity index (χ3n) is 4.18. The number of thiophene rings is 1. The molecule has 0 aliphatic carbocycles. The summed E-state index contributed by atoms with van der Waals surface area (Å²) >= 11 is 7.72. The molecule has 0 saturated carbocycles. The molecule has 3 aromatic rings. The molecule has 1 unspecified atom stereocenters. The molecule has 116 valence electrons. The first-order valence-electron chi connectivity index (χ1n) is 7.39.